The summed E-state index contributed by atoms with van der Waals surface area (Å²) < 4.78 is 5.58. The van der Waals surface area contributed by atoms with Crippen molar-refractivity contribution in [2.24, 2.45) is 0 Å². The van der Waals surface area contributed by atoms with Crippen LogP contribution in [0.5, 0.6) is 5.75 Å². The van der Waals surface area contributed by atoms with Crippen LogP contribution in [-0.4, -0.2) is 30.6 Å². The van der Waals surface area contributed by atoms with Gasteiger partial charge in [0.2, 0.25) is 0 Å². The molecule has 0 unspecified atom stereocenters. The minimum Gasteiger partial charge on any atom is -0.491 e. The molecule has 0 aliphatic carbocycles. The van der Waals surface area contributed by atoms with Crippen LogP contribution < -0.4 is 10.1 Å². The molecule has 1 aromatic carbocycles. The molecule has 5 heteroatoms. The lowest BCUT2D eigenvalue weighted by Gasteiger charge is -2.31. The smallest absolute Gasteiger partial charge is 0.321 e. The Hall–Kier alpha value is -1.42. The van der Waals surface area contributed by atoms with E-state index in [1.165, 1.54) is 0 Å². The molecule has 0 radical (unpaired) electrons. The lowest BCUT2D eigenvalue weighted by atomic mass is 10.2. The second-order valence-corrected chi connectivity index (χ2v) is 4.70. The Balaban J connectivity index is 2.08. The van der Waals surface area contributed by atoms with Crippen LogP contribution >= 0.6 is 11.6 Å². The highest BCUT2D eigenvalue weighted by molar-refractivity contribution is 6.31. The van der Waals surface area contributed by atoms with Gasteiger partial charge in [0.25, 0.3) is 0 Å². The van der Waals surface area contributed by atoms with Crippen LogP contribution in [0.15, 0.2) is 18.2 Å². The predicted molar refractivity (Wildman–Crippen MR) is 72.4 cm³/mol. The Kier molecular flexibility index (Phi) is 4.31. The van der Waals surface area contributed by atoms with E-state index in [9.17, 15) is 4.79 Å². The van der Waals surface area contributed by atoms with E-state index in [0.29, 0.717) is 23.1 Å². The van der Waals surface area contributed by atoms with Crippen molar-refractivity contribution >= 4 is 23.3 Å². The summed E-state index contributed by atoms with van der Waals surface area (Å²) in [5.41, 5.74) is 0.632. The minimum atomic E-state index is -0.0927. The Morgan fingerprint density at radius 3 is 2.89 bits per heavy atom. The second kappa shape index (κ2) is 5.96. The first-order valence-corrected chi connectivity index (χ1v) is 6.57. The first-order valence-electron chi connectivity index (χ1n) is 6.19. The van der Waals surface area contributed by atoms with Gasteiger partial charge in [-0.2, -0.15) is 0 Å². The number of nitrogens with zero attached hydrogens (tertiary/aromatic N) is 1. The number of hydrogen-bond acceptors (Lipinski definition) is 2. The average molecular weight is 269 g/mol. The number of amides is 2. The van der Waals surface area contributed by atoms with Gasteiger partial charge < -0.3 is 15.0 Å². The Morgan fingerprint density at radius 2 is 2.28 bits per heavy atom. The van der Waals surface area contributed by atoms with Crippen LogP contribution in [0, 0.1) is 0 Å². The number of hydrogen-bond donors (Lipinski definition) is 1. The van der Waals surface area contributed by atoms with Gasteiger partial charge in [-0.1, -0.05) is 18.5 Å². The maximum atomic E-state index is 11.8. The van der Waals surface area contributed by atoms with Crippen molar-refractivity contribution in [1.82, 2.24) is 4.90 Å². The van der Waals surface area contributed by atoms with Crippen LogP contribution in [-0.2, 0) is 0 Å². The molecule has 0 aromatic heterocycles. The number of urea groups is 1. The van der Waals surface area contributed by atoms with E-state index in [1.807, 2.05) is 6.92 Å². The fourth-order valence-corrected chi connectivity index (χ4v) is 1.82. The van der Waals surface area contributed by atoms with E-state index in [1.54, 1.807) is 23.1 Å². The molecule has 1 aliphatic rings. The number of anilines is 1. The molecule has 0 spiro atoms. The second-order valence-electron chi connectivity index (χ2n) is 4.26. The summed E-state index contributed by atoms with van der Waals surface area (Å²) in [5.74, 6) is 0.662. The Labute approximate surface area is 112 Å². The summed E-state index contributed by atoms with van der Waals surface area (Å²) in [6.45, 7) is 4.29. The van der Waals surface area contributed by atoms with Crippen molar-refractivity contribution in [3.05, 3.63) is 23.2 Å². The van der Waals surface area contributed by atoms with E-state index in [2.05, 4.69) is 5.32 Å². The third-order valence-corrected chi connectivity index (χ3v) is 3.02. The molecular formula is C13H17ClN2O2. The van der Waals surface area contributed by atoms with Crippen molar-refractivity contribution in [1.29, 1.82) is 0 Å². The fraction of sp³-hybridized carbons (Fsp3) is 0.462. The fourth-order valence-electron chi connectivity index (χ4n) is 1.65. The zero-order valence-corrected chi connectivity index (χ0v) is 11.2. The van der Waals surface area contributed by atoms with E-state index in [0.717, 1.165) is 25.9 Å². The molecule has 1 heterocycles. The van der Waals surface area contributed by atoms with Crippen LogP contribution in [0.3, 0.4) is 0 Å². The molecule has 0 atom stereocenters. The van der Waals surface area contributed by atoms with Gasteiger partial charge in [-0.15, -0.1) is 0 Å². The molecule has 1 aliphatic heterocycles. The third-order valence-electron chi connectivity index (χ3n) is 2.79. The SMILES string of the molecule is CCCOc1ccc(Cl)cc1NC(=O)N1CCC1. The molecule has 98 valence electrons. The highest BCUT2D eigenvalue weighted by Gasteiger charge is 2.21. The average Bonchev–Trinajstić information content (AvgIpc) is 2.25. The van der Waals surface area contributed by atoms with Crippen molar-refractivity contribution in [2.45, 2.75) is 19.8 Å². The topological polar surface area (TPSA) is 41.6 Å². The zero-order valence-electron chi connectivity index (χ0n) is 10.4. The monoisotopic (exact) mass is 268 g/mol. The summed E-state index contributed by atoms with van der Waals surface area (Å²) in [5, 5.41) is 3.42. The summed E-state index contributed by atoms with van der Waals surface area (Å²) in [6.07, 6.45) is 1.99. The van der Waals surface area contributed by atoms with Crippen LogP contribution in [0.25, 0.3) is 0 Å². The normalized spacial score (nSPS) is 14.0. The molecule has 1 saturated heterocycles. The molecule has 0 bridgehead atoms. The number of halogens is 1. The number of benzene rings is 1. The number of ether oxygens (including phenoxy) is 1. The molecular weight excluding hydrogens is 252 g/mol. The lowest BCUT2D eigenvalue weighted by Crippen LogP contribution is -2.44. The molecule has 2 rings (SSSR count). The highest BCUT2D eigenvalue weighted by Crippen LogP contribution is 2.28. The van der Waals surface area contributed by atoms with E-state index in [4.69, 9.17) is 16.3 Å². The third kappa shape index (κ3) is 3.07. The highest BCUT2D eigenvalue weighted by atomic mass is 35.5. The standard InChI is InChI=1S/C13H17ClN2O2/c1-2-8-18-12-5-4-10(14)9-11(12)15-13(17)16-6-3-7-16/h4-5,9H,2-3,6-8H2,1H3,(H,15,17). The predicted octanol–water partition coefficient (Wildman–Crippen LogP) is 3.37. The number of rotatable bonds is 4. The van der Waals surface area contributed by atoms with Gasteiger partial charge in [0.05, 0.1) is 12.3 Å². The van der Waals surface area contributed by atoms with Crippen molar-refractivity contribution in [3.63, 3.8) is 0 Å². The zero-order chi connectivity index (χ0) is 13.0. The summed E-state index contributed by atoms with van der Waals surface area (Å²) in [6, 6.07) is 5.16. The maximum Gasteiger partial charge on any atom is 0.321 e. The van der Waals surface area contributed by atoms with Gasteiger partial charge in [-0.3, -0.25) is 0 Å². The first-order chi connectivity index (χ1) is 8.70. The molecule has 4 nitrogen and oxygen atoms in total. The Bertz CT molecular complexity index is 433. The number of nitrogens with one attached hydrogen (secondary N) is 1. The van der Waals surface area contributed by atoms with Crippen molar-refractivity contribution < 1.29 is 9.53 Å². The number of carbonyl (C=O) groups excluding carboxylic acids is 1. The molecule has 2 amide bonds. The largest absolute Gasteiger partial charge is 0.491 e. The van der Waals surface area contributed by atoms with Gasteiger partial charge in [0.1, 0.15) is 5.75 Å². The molecule has 1 fully saturated rings. The lowest BCUT2D eigenvalue weighted by molar-refractivity contribution is 0.181. The van der Waals surface area contributed by atoms with Gasteiger partial charge in [0.15, 0.2) is 0 Å². The van der Waals surface area contributed by atoms with Crippen molar-refractivity contribution in [2.75, 3.05) is 25.0 Å². The van der Waals surface area contributed by atoms with E-state index in [-0.39, 0.29) is 6.03 Å². The molecule has 0 saturated carbocycles. The first kappa shape index (κ1) is 13.0. The quantitative estimate of drug-likeness (QED) is 0.910. The molecule has 18 heavy (non-hydrogen) atoms. The van der Waals surface area contributed by atoms with Gasteiger partial charge >= 0.3 is 6.03 Å². The maximum absolute atomic E-state index is 11.8. The van der Waals surface area contributed by atoms with Gasteiger partial charge in [0, 0.05) is 18.1 Å². The summed E-state index contributed by atoms with van der Waals surface area (Å²) >= 11 is 5.94. The Morgan fingerprint density at radius 1 is 1.50 bits per heavy atom. The van der Waals surface area contributed by atoms with Crippen LogP contribution in [0.4, 0.5) is 10.5 Å². The molecule has 1 N–H and O–H groups in total. The molecule has 1 aromatic rings. The van der Waals surface area contributed by atoms with Crippen molar-refractivity contribution in [3.8, 4) is 5.75 Å². The number of carbonyl (C=O) groups is 1. The van der Waals surface area contributed by atoms with E-state index >= 15 is 0 Å². The van der Waals surface area contributed by atoms with Gasteiger partial charge in [-0.05, 0) is 31.0 Å². The number of likely N-dealkylation sites (tertiary alicyclic amines) is 1. The van der Waals surface area contributed by atoms with Gasteiger partial charge in [-0.25, -0.2) is 4.79 Å². The van der Waals surface area contributed by atoms with E-state index < -0.39 is 0 Å². The summed E-state index contributed by atoms with van der Waals surface area (Å²) in [7, 11) is 0. The van der Waals surface area contributed by atoms with Crippen LogP contribution in [0.2, 0.25) is 5.02 Å². The summed E-state index contributed by atoms with van der Waals surface area (Å²) in [4.78, 5) is 13.6. The van der Waals surface area contributed by atoms with Crippen LogP contribution in [0.1, 0.15) is 19.8 Å². The minimum absolute atomic E-state index is 0.0927.